The van der Waals surface area contributed by atoms with E-state index in [0.717, 1.165) is 6.42 Å². The molecule has 100 valence electrons. The molecule has 1 heterocycles. The van der Waals surface area contributed by atoms with Gasteiger partial charge >= 0.3 is 0 Å². The highest BCUT2D eigenvalue weighted by molar-refractivity contribution is 5.76. The first kappa shape index (κ1) is 14.3. The molecule has 2 unspecified atom stereocenters. The molecule has 1 rings (SSSR count). The Morgan fingerprint density at radius 3 is 2.82 bits per heavy atom. The summed E-state index contributed by atoms with van der Waals surface area (Å²) in [5.41, 5.74) is 0. The van der Waals surface area contributed by atoms with Crippen molar-refractivity contribution < 1.29 is 23.4 Å². The van der Waals surface area contributed by atoms with E-state index in [1.165, 1.54) is 0 Å². The van der Waals surface area contributed by atoms with Crippen molar-refractivity contribution in [1.82, 2.24) is 4.90 Å². The summed E-state index contributed by atoms with van der Waals surface area (Å²) in [4.78, 5) is 13.3. The number of ether oxygens (including phenoxy) is 1. The molecule has 0 aromatic carbocycles. The van der Waals surface area contributed by atoms with Gasteiger partial charge in [-0.15, -0.1) is 0 Å². The maximum atomic E-state index is 11.8. The van der Waals surface area contributed by atoms with Gasteiger partial charge < -0.3 is 14.7 Å². The third-order valence-electron chi connectivity index (χ3n) is 2.96. The number of alkyl halides is 2. The van der Waals surface area contributed by atoms with E-state index in [9.17, 15) is 18.7 Å². The van der Waals surface area contributed by atoms with Gasteiger partial charge in [-0.05, 0) is 13.3 Å². The third kappa shape index (κ3) is 4.95. The number of nitrogens with zero attached hydrogens (tertiary/aromatic N) is 1. The molecule has 4 nitrogen and oxygen atoms in total. The Hall–Kier alpha value is -0.750. The second-order valence-electron chi connectivity index (χ2n) is 4.35. The number of likely N-dealkylation sites (tertiary alicyclic amines) is 1. The largest absolute Gasteiger partial charge is 0.393 e. The van der Waals surface area contributed by atoms with E-state index in [1.807, 2.05) is 0 Å². The molecule has 0 aliphatic carbocycles. The number of halogens is 2. The van der Waals surface area contributed by atoms with Gasteiger partial charge in [0.25, 0.3) is 6.43 Å². The third-order valence-corrected chi connectivity index (χ3v) is 2.96. The SMILES string of the molecule is CC(O)C1CCN(C(=O)CCOCC(F)F)C1. The monoisotopic (exact) mass is 251 g/mol. The Bertz CT molecular complexity index is 249. The molecular formula is C11H19F2NO3. The molecule has 0 saturated carbocycles. The lowest BCUT2D eigenvalue weighted by Gasteiger charge is -2.17. The molecule has 0 aromatic heterocycles. The zero-order valence-electron chi connectivity index (χ0n) is 9.94. The molecule has 2 atom stereocenters. The minimum Gasteiger partial charge on any atom is -0.393 e. The van der Waals surface area contributed by atoms with Crippen molar-refractivity contribution >= 4 is 5.91 Å². The summed E-state index contributed by atoms with van der Waals surface area (Å²) >= 11 is 0. The first-order chi connectivity index (χ1) is 8.00. The molecule has 6 heteroatoms. The number of carbonyl (C=O) groups is 1. The van der Waals surface area contributed by atoms with E-state index < -0.39 is 19.1 Å². The van der Waals surface area contributed by atoms with Crippen LogP contribution in [0.15, 0.2) is 0 Å². The number of rotatable bonds is 6. The first-order valence-corrected chi connectivity index (χ1v) is 5.82. The topological polar surface area (TPSA) is 49.8 Å². The molecule has 1 saturated heterocycles. The number of hydrogen-bond acceptors (Lipinski definition) is 3. The molecular weight excluding hydrogens is 232 g/mol. The van der Waals surface area contributed by atoms with E-state index in [-0.39, 0.29) is 24.9 Å². The molecule has 1 fully saturated rings. The van der Waals surface area contributed by atoms with Crippen LogP contribution in [0.4, 0.5) is 8.78 Å². The average molecular weight is 251 g/mol. The average Bonchev–Trinajstić information content (AvgIpc) is 2.73. The standard InChI is InChI=1S/C11H19F2NO3/c1-8(15)9-2-4-14(6-9)11(16)3-5-17-7-10(12)13/h8-10,15H,2-7H2,1H3. The summed E-state index contributed by atoms with van der Waals surface area (Å²) in [5.74, 6) is 0.0309. The quantitative estimate of drug-likeness (QED) is 0.713. The van der Waals surface area contributed by atoms with Crippen LogP contribution in [0, 0.1) is 5.92 Å². The Kier molecular flexibility index (Phi) is 5.77. The second kappa shape index (κ2) is 6.86. The normalized spacial score (nSPS) is 22.2. The van der Waals surface area contributed by atoms with E-state index in [1.54, 1.807) is 11.8 Å². The summed E-state index contributed by atoms with van der Waals surface area (Å²) in [7, 11) is 0. The van der Waals surface area contributed by atoms with Crippen molar-refractivity contribution in [3.05, 3.63) is 0 Å². The van der Waals surface area contributed by atoms with Crippen molar-refractivity contribution in [2.45, 2.75) is 32.3 Å². The molecule has 1 aliphatic rings. The highest BCUT2D eigenvalue weighted by Gasteiger charge is 2.28. The highest BCUT2D eigenvalue weighted by Crippen LogP contribution is 2.20. The predicted octanol–water partition coefficient (Wildman–Crippen LogP) is 0.887. The Labute approximate surface area is 99.5 Å². The van der Waals surface area contributed by atoms with Crippen molar-refractivity contribution in [2.75, 3.05) is 26.3 Å². The number of amides is 1. The second-order valence-corrected chi connectivity index (χ2v) is 4.35. The Morgan fingerprint density at radius 1 is 1.59 bits per heavy atom. The van der Waals surface area contributed by atoms with Crippen LogP contribution < -0.4 is 0 Å². The van der Waals surface area contributed by atoms with E-state index >= 15 is 0 Å². The predicted molar refractivity (Wildman–Crippen MR) is 57.8 cm³/mol. The van der Waals surface area contributed by atoms with Crippen LogP contribution in [-0.2, 0) is 9.53 Å². The van der Waals surface area contributed by atoms with Gasteiger partial charge in [-0.25, -0.2) is 8.78 Å². The van der Waals surface area contributed by atoms with E-state index in [4.69, 9.17) is 0 Å². The fraction of sp³-hybridized carbons (Fsp3) is 0.909. The van der Waals surface area contributed by atoms with E-state index in [0.29, 0.717) is 13.1 Å². The lowest BCUT2D eigenvalue weighted by atomic mass is 10.0. The minimum absolute atomic E-state index is 0.0268. The van der Waals surface area contributed by atoms with Crippen LogP contribution in [-0.4, -0.2) is 54.7 Å². The number of carbonyl (C=O) groups excluding carboxylic acids is 1. The van der Waals surface area contributed by atoms with Crippen molar-refractivity contribution in [1.29, 1.82) is 0 Å². The van der Waals surface area contributed by atoms with Crippen LogP contribution >= 0.6 is 0 Å². The van der Waals surface area contributed by atoms with Gasteiger partial charge in [-0.3, -0.25) is 4.79 Å². The molecule has 0 radical (unpaired) electrons. The van der Waals surface area contributed by atoms with Gasteiger partial charge in [0.2, 0.25) is 5.91 Å². The maximum Gasteiger partial charge on any atom is 0.261 e. The van der Waals surface area contributed by atoms with Gasteiger partial charge in [0.15, 0.2) is 0 Å². The zero-order valence-corrected chi connectivity index (χ0v) is 9.94. The van der Waals surface area contributed by atoms with E-state index in [2.05, 4.69) is 4.74 Å². The zero-order chi connectivity index (χ0) is 12.8. The molecule has 1 aliphatic heterocycles. The first-order valence-electron chi connectivity index (χ1n) is 5.82. The van der Waals surface area contributed by atoms with Crippen LogP contribution in [0.25, 0.3) is 0 Å². The van der Waals surface area contributed by atoms with Gasteiger partial charge in [-0.1, -0.05) is 0 Å². The molecule has 0 aromatic rings. The van der Waals surface area contributed by atoms with Gasteiger partial charge in [-0.2, -0.15) is 0 Å². The van der Waals surface area contributed by atoms with Crippen LogP contribution in [0.2, 0.25) is 0 Å². The fourth-order valence-electron chi connectivity index (χ4n) is 1.90. The maximum absolute atomic E-state index is 11.8. The summed E-state index contributed by atoms with van der Waals surface area (Å²) in [6.07, 6.45) is -1.99. The smallest absolute Gasteiger partial charge is 0.261 e. The molecule has 0 spiro atoms. The van der Waals surface area contributed by atoms with Crippen LogP contribution in [0.5, 0.6) is 0 Å². The molecule has 1 N–H and O–H groups in total. The number of aliphatic hydroxyl groups excluding tert-OH is 1. The molecule has 1 amide bonds. The minimum atomic E-state index is -2.49. The van der Waals surface area contributed by atoms with Crippen LogP contribution in [0.3, 0.4) is 0 Å². The Balaban J connectivity index is 2.16. The fourth-order valence-corrected chi connectivity index (χ4v) is 1.90. The van der Waals surface area contributed by atoms with Crippen molar-refractivity contribution in [2.24, 2.45) is 5.92 Å². The number of aliphatic hydroxyl groups is 1. The molecule has 17 heavy (non-hydrogen) atoms. The Morgan fingerprint density at radius 2 is 2.29 bits per heavy atom. The highest BCUT2D eigenvalue weighted by atomic mass is 19.3. The summed E-state index contributed by atoms with van der Waals surface area (Å²) < 4.78 is 28.2. The number of hydrogen-bond donors (Lipinski definition) is 1. The lowest BCUT2D eigenvalue weighted by Crippen LogP contribution is -2.31. The summed E-state index contributed by atoms with van der Waals surface area (Å²) in [5, 5.41) is 9.38. The van der Waals surface area contributed by atoms with Crippen LogP contribution in [0.1, 0.15) is 19.8 Å². The summed E-state index contributed by atoms with van der Waals surface area (Å²) in [6, 6.07) is 0. The lowest BCUT2D eigenvalue weighted by molar-refractivity contribution is -0.131. The van der Waals surface area contributed by atoms with Crippen molar-refractivity contribution in [3.63, 3.8) is 0 Å². The van der Waals surface area contributed by atoms with Gasteiger partial charge in [0, 0.05) is 19.0 Å². The van der Waals surface area contributed by atoms with Gasteiger partial charge in [0.05, 0.1) is 19.1 Å². The molecule has 0 bridgehead atoms. The van der Waals surface area contributed by atoms with Gasteiger partial charge in [0.1, 0.15) is 6.61 Å². The van der Waals surface area contributed by atoms with Crippen molar-refractivity contribution in [3.8, 4) is 0 Å². The summed E-state index contributed by atoms with van der Waals surface area (Å²) in [6.45, 7) is 2.29.